The Labute approximate surface area is 75.3 Å². The van der Waals surface area contributed by atoms with Crippen LogP contribution in [0.25, 0.3) is 0 Å². The summed E-state index contributed by atoms with van der Waals surface area (Å²) in [6.45, 7) is 2.50. The summed E-state index contributed by atoms with van der Waals surface area (Å²) in [6.07, 6.45) is 4.42. The first-order valence-electron chi connectivity index (χ1n) is 5.15. The number of fused-ring (bicyclic) bond motifs is 1. The van der Waals surface area contributed by atoms with Gasteiger partial charge < -0.3 is 10.2 Å². The highest BCUT2D eigenvalue weighted by Crippen LogP contribution is 2.37. The van der Waals surface area contributed by atoms with Gasteiger partial charge >= 0.3 is 0 Å². The number of nitrogens with zero attached hydrogens (tertiary/aromatic N) is 1. The lowest BCUT2D eigenvalue weighted by Crippen LogP contribution is -2.37. The SMILES string of the molecule is CN(C)CC1NCC2CCCC21. The highest BCUT2D eigenvalue weighted by molar-refractivity contribution is 4.94. The van der Waals surface area contributed by atoms with Crippen molar-refractivity contribution in [2.45, 2.75) is 25.3 Å². The van der Waals surface area contributed by atoms with E-state index in [1.807, 2.05) is 0 Å². The van der Waals surface area contributed by atoms with E-state index in [2.05, 4.69) is 24.3 Å². The molecule has 2 rings (SSSR count). The molecule has 2 nitrogen and oxygen atoms in total. The lowest BCUT2D eigenvalue weighted by Gasteiger charge is -2.21. The Balaban J connectivity index is 1.91. The molecular weight excluding hydrogens is 148 g/mol. The van der Waals surface area contributed by atoms with Crippen LogP contribution in [0.15, 0.2) is 0 Å². The van der Waals surface area contributed by atoms with Crippen molar-refractivity contribution in [2.24, 2.45) is 11.8 Å². The molecule has 1 saturated carbocycles. The fraction of sp³-hybridized carbons (Fsp3) is 1.00. The van der Waals surface area contributed by atoms with Crippen LogP contribution in [0.4, 0.5) is 0 Å². The molecule has 1 N–H and O–H groups in total. The van der Waals surface area contributed by atoms with Gasteiger partial charge in [0, 0.05) is 12.6 Å². The number of hydrogen-bond acceptors (Lipinski definition) is 2. The molecule has 70 valence electrons. The van der Waals surface area contributed by atoms with Crippen LogP contribution < -0.4 is 5.32 Å². The van der Waals surface area contributed by atoms with E-state index in [-0.39, 0.29) is 0 Å². The average molecular weight is 168 g/mol. The van der Waals surface area contributed by atoms with E-state index in [1.54, 1.807) is 0 Å². The van der Waals surface area contributed by atoms with Gasteiger partial charge in [0.1, 0.15) is 0 Å². The van der Waals surface area contributed by atoms with Crippen LogP contribution in [0.5, 0.6) is 0 Å². The van der Waals surface area contributed by atoms with Gasteiger partial charge in [-0.15, -0.1) is 0 Å². The predicted octanol–water partition coefficient (Wildman–Crippen LogP) is 0.936. The second-order valence-electron chi connectivity index (χ2n) is 4.63. The highest BCUT2D eigenvalue weighted by atomic mass is 15.1. The molecule has 2 heteroatoms. The standard InChI is InChI=1S/C10H20N2/c1-12(2)7-10-9-5-3-4-8(9)6-11-10/h8-11H,3-7H2,1-2H3. The van der Waals surface area contributed by atoms with Crippen LogP contribution in [0, 0.1) is 11.8 Å². The molecule has 1 aliphatic heterocycles. The zero-order valence-corrected chi connectivity index (χ0v) is 8.21. The molecule has 12 heavy (non-hydrogen) atoms. The van der Waals surface area contributed by atoms with Crippen molar-refractivity contribution in [3.8, 4) is 0 Å². The van der Waals surface area contributed by atoms with Crippen molar-refractivity contribution in [3.05, 3.63) is 0 Å². The molecular formula is C10H20N2. The fourth-order valence-electron chi connectivity index (χ4n) is 2.90. The molecule has 1 saturated heterocycles. The number of hydrogen-bond donors (Lipinski definition) is 1. The molecule has 2 aliphatic rings. The normalized spacial score (nSPS) is 40.8. The minimum absolute atomic E-state index is 0.785. The smallest absolute Gasteiger partial charge is 0.0226 e. The molecule has 0 bridgehead atoms. The zero-order valence-electron chi connectivity index (χ0n) is 8.21. The highest BCUT2D eigenvalue weighted by Gasteiger charge is 2.38. The van der Waals surface area contributed by atoms with Crippen LogP contribution in [0.2, 0.25) is 0 Å². The predicted molar refractivity (Wildman–Crippen MR) is 51.2 cm³/mol. The largest absolute Gasteiger partial charge is 0.312 e. The third-order valence-corrected chi connectivity index (χ3v) is 3.44. The maximum absolute atomic E-state index is 3.65. The molecule has 0 radical (unpaired) electrons. The van der Waals surface area contributed by atoms with Gasteiger partial charge in [-0.25, -0.2) is 0 Å². The molecule has 3 unspecified atom stereocenters. The summed E-state index contributed by atoms with van der Waals surface area (Å²) in [6, 6.07) is 0.785. The van der Waals surface area contributed by atoms with Crippen LogP contribution in [0.3, 0.4) is 0 Å². The van der Waals surface area contributed by atoms with Gasteiger partial charge in [0.2, 0.25) is 0 Å². The Bertz CT molecular complexity index is 156. The number of rotatable bonds is 2. The minimum atomic E-state index is 0.785. The minimum Gasteiger partial charge on any atom is -0.312 e. The van der Waals surface area contributed by atoms with Crippen LogP contribution in [0.1, 0.15) is 19.3 Å². The Morgan fingerprint density at radius 1 is 1.33 bits per heavy atom. The molecule has 0 aromatic carbocycles. The van der Waals surface area contributed by atoms with Crippen LogP contribution >= 0.6 is 0 Å². The summed E-state index contributed by atoms with van der Waals surface area (Å²) in [7, 11) is 4.34. The Hall–Kier alpha value is -0.0800. The first kappa shape index (κ1) is 8.52. The molecule has 0 aromatic heterocycles. The summed E-state index contributed by atoms with van der Waals surface area (Å²) in [5.41, 5.74) is 0. The molecule has 1 aliphatic carbocycles. The summed E-state index contributed by atoms with van der Waals surface area (Å²) in [5.74, 6) is 2.00. The lowest BCUT2D eigenvalue weighted by atomic mass is 9.94. The maximum atomic E-state index is 3.65. The van der Waals surface area contributed by atoms with Crippen LogP contribution in [-0.2, 0) is 0 Å². The third kappa shape index (κ3) is 1.50. The van der Waals surface area contributed by atoms with E-state index in [4.69, 9.17) is 0 Å². The van der Waals surface area contributed by atoms with Gasteiger partial charge in [0.05, 0.1) is 0 Å². The average Bonchev–Trinajstić information content (AvgIpc) is 2.52. The zero-order chi connectivity index (χ0) is 8.55. The Morgan fingerprint density at radius 2 is 2.17 bits per heavy atom. The molecule has 1 heterocycles. The number of nitrogens with one attached hydrogen (secondary N) is 1. The summed E-state index contributed by atoms with van der Waals surface area (Å²) in [4.78, 5) is 2.30. The van der Waals surface area contributed by atoms with Crippen molar-refractivity contribution in [2.75, 3.05) is 27.2 Å². The first-order valence-corrected chi connectivity index (χ1v) is 5.15. The van der Waals surface area contributed by atoms with Crippen molar-refractivity contribution in [1.29, 1.82) is 0 Å². The summed E-state index contributed by atoms with van der Waals surface area (Å²) in [5, 5.41) is 3.65. The van der Waals surface area contributed by atoms with Gasteiger partial charge in [-0.2, -0.15) is 0 Å². The summed E-state index contributed by atoms with van der Waals surface area (Å²) < 4.78 is 0. The van der Waals surface area contributed by atoms with E-state index in [0.29, 0.717) is 0 Å². The van der Waals surface area contributed by atoms with Crippen molar-refractivity contribution in [3.63, 3.8) is 0 Å². The molecule has 2 fully saturated rings. The van der Waals surface area contributed by atoms with Crippen molar-refractivity contribution >= 4 is 0 Å². The summed E-state index contributed by atoms with van der Waals surface area (Å²) >= 11 is 0. The third-order valence-electron chi connectivity index (χ3n) is 3.44. The monoisotopic (exact) mass is 168 g/mol. The Morgan fingerprint density at radius 3 is 2.92 bits per heavy atom. The van der Waals surface area contributed by atoms with Crippen molar-refractivity contribution < 1.29 is 0 Å². The maximum Gasteiger partial charge on any atom is 0.0226 e. The van der Waals surface area contributed by atoms with E-state index in [1.165, 1.54) is 32.4 Å². The van der Waals surface area contributed by atoms with Gasteiger partial charge in [0.15, 0.2) is 0 Å². The van der Waals surface area contributed by atoms with Gasteiger partial charge in [-0.3, -0.25) is 0 Å². The molecule has 0 aromatic rings. The van der Waals surface area contributed by atoms with Gasteiger partial charge in [0.25, 0.3) is 0 Å². The van der Waals surface area contributed by atoms with E-state index < -0.39 is 0 Å². The molecule has 0 amide bonds. The Kier molecular flexibility index (Phi) is 2.37. The second kappa shape index (κ2) is 3.35. The first-order chi connectivity index (χ1) is 5.77. The molecule has 0 spiro atoms. The van der Waals surface area contributed by atoms with E-state index in [0.717, 1.165) is 17.9 Å². The van der Waals surface area contributed by atoms with E-state index >= 15 is 0 Å². The fourth-order valence-corrected chi connectivity index (χ4v) is 2.90. The quantitative estimate of drug-likeness (QED) is 0.660. The van der Waals surface area contributed by atoms with Gasteiger partial charge in [-0.1, -0.05) is 6.42 Å². The van der Waals surface area contributed by atoms with E-state index in [9.17, 15) is 0 Å². The topological polar surface area (TPSA) is 15.3 Å². The lowest BCUT2D eigenvalue weighted by molar-refractivity contribution is 0.304. The second-order valence-corrected chi connectivity index (χ2v) is 4.63. The van der Waals surface area contributed by atoms with Gasteiger partial charge in [-0.05, 0) is 45.3 Å². The van der Waals surface area contributed by atoms with Crippen LogP contribution in [-0.4, -0.2) is 38.1 Å². The molecule has 3 atom stereocenters. The van der Waals surface area contributed by atoms with Crippen molar-refractivity contribution in [1.82, 2.24) is 10.2 Å². The number of likely N-dealkylation sites (N-methyl/N-ethyl adjacent to an activating group) is 1.